The molecule has 0 aliphatic heterocycles. The topological polar surface area (TPSA) is 12.9 Å². The van der Waals surface area contributed by atoms with Crippen LogP contribution in [0.5, 0.6) is 0 Å². The Bertz CT molecular complexity index is 670. The molecule has 0 spiro atoms. The molecule has 0 bridgehead atoms. The van der Waals surface area contributed by atoms with Gasteiger partial charge in [-0.05, 0) is 46.1 Å². The lowest BCUT2D eigenvalue weighted by molar-refractivity contribution is -0.0386. The van der Waals surface area contributed by atoms with Gasteiger partial charge in [0.15, 0.2) is 0 Å². The van der Waals surface area contributed by atoms with E-state index in [4.69, 9.17) is 0 Å². The normalized spacial score (nSPS) is 13.0. The molecule has 1 heterocycles. The zero-order valence-corrected chi connectivity index (χ0v) is 13.0. The standard InChI is InChI=1S/C16H12BrF4N/c1-2-3-13(12-6-5-11(18)8-14(12)19)16(20,21)15-7-4-10(17)9-22-15/h2,4-9,13H,1,3H2. The van der Waals surface area contributed by atoms with Gasteiger partial charge >= 0.3 is 0 Å². The second kappa shape index (κ2) is 6.60. The largest absolute Gasteiger partial charge is 0.296 e. The summed E-state index contributed by atoms with van der Waals surface area (Å²) in [5.41, 5.74) is -0.748. The van der Waals surface area contributed by atoms with E-state index in [0.29, 0.717) is 10.5 Å². The van der Waals surface area contributed by atoms with Crippen molar-refractivity contribution < 1.29 is 17.6 Å². The van der Waals surface area contributed by atoms with Crippen molar-refractivity contribution in [2.75, 3.05) is 0 Å². The van der Waals surface area contributed by atoms with Crippen LogP contribution in [0.3, 0.4) is 0 Å². The Morgan fingerprint density at radius 3 is 2.50 bits per heavy atom. The molecule has 1 atom stereocenters. The Labute approximate surface area is 133 Å². The summed E-state index contributed by atoms with van der Waals surface area (Å²) in [5, 5.41) is 0. The van der Waals surface area contributed by atoms with Gasteiger partial charge < -0.3 is 0 Å². The van der Waals surface area contributed by atoms with Gasteiger partial charge in [-0.15, -0.1) is 6.58 Å². The van der Waals surface area contributed by atoms with E-state index in [1.54, 1.807) is 0 Å². The van der Waals surface area contributed by atoms with Crippen LogP contribution in [0.2, 0.25) is 0 Å². The van der Waals surface area contributed by atoms with Crippen LogP contribution in [0.15, 0.2) is 53.7 Å². The summed E-state index contributed by atoms with van der Waals surface area (Å²) in [5.74, 6) is -6.76. The van der Waals surface area contributed by atoms with E-state index in [9.17, 15) is 17.6 Å². The highest BCUT2D eigenvalue weighted by atomic mass is 79.9. The number of aromatic nitrogens is 1. The third-order valence-corrected chi connectivity index (χ3v) is 3.72. The van der Waals surface area contributed by atoms with Crippen LogP contribution in [0.1, 0.15) is 23.6 Å². The van der Waals surface area contributed by atoms with E-state index in [0.717, 1.165) is 12.1 Å². The Kier molecular flexibility index (Phi) is 5.01. The van der Waals surface area contributed by atoms with Crippen molar-refractivity contribution in [2.24, 2.45) is 0 Å². The third kappa shape index (κ3) is 3.38. The first-order valence-electron chi connectivity index (χ1n) is 6.42. The highest BCUT2D eigenvalue weighted by Crippen LogP contribution is 2.44. The quantitative estimate of drug-likeness (QED) is 0.492. The fourth-order valence-electron chi connectivity index (χ4n) is 2.17. The number of rotatable bonds is 5. The predicted octanol–water partition coefficient (Wildman–Crippen LogP) is 5.57. The fourth-order valence-corrected chi connectivity index (χ4v) is 2.41. The minimum atomic E-state index is -3.42. The van der Waals surface area contributed by atoms with Crippen molar-refractivity contribution in [1.82, 2.24) is 4.98 Å². The summed E-state index contributed by atoms with van der Waals surface area (Å²) in [6.45, 7) is 3.44. The van der Waals surface area contributed by atoms with E-state index in [1.807, 2.05) is 0 Å². The van der Waals surface area contributed by atoms with Gasteiger partial charge in [-0.2, -0.15) is 8.78 Å². The average molecular weight is 374 g/mol. The summed E-state index contributed by atoms with van der Waals surface area (Å²) < 4.78 is 56.9. The first-order valence-corrected chi connectivity index (χ1v) is 7.21. The molecular formula is C16H12BrF4N. The molecule has 0 saturated heterocycles. The highest BCUT2D eigenvalue weighted by Gasteiger charge is 2.44. The maximum Gasteiger partial charge on any atom is 0.296 e. The lowest BCUT2D eigenvalue weighted by Gasteiger charge is -2.26. The number of nitrogens with zero attached hydrogens (tertiary/aromatic N) is 1. The van der Waals surface area contributed by atoms with Crippen molar-refractivity contribution in [2.45, 2.75) is 18.3 Å². The molecule has 1 unspecified atom stereocenters. The maximum atomic E-state index is 14.7. The maximum absolute atomic E-state index is 14.7. The van der Waals surface area contributed by atoms with Crippen LogP contribution in [-0.2, 0) is 5.92 Å². The Morgan fingerprint density at radius 2 is 1.95 bits per heavy atom. The number of allylic oxidation sites excluding steroid dienone is 1. The van der Waals surface area contributed by atoms with Gasteiger partial charge in [0, 0.05) is 16.7 Å². The van der Waals surface area contributed by atoms with Crippen molar-refractivity contribution >= 4 is 15.9 Å². The fraction of sp³-hybridized carbons (Fsp3) is 0.188. The predicted molar refractivity (Wildman–Crippen MR) is 79.7 cm³/mol. The molecule has 1 aromatic heterocycles. The molecule has 0 radical (unpaired) electrons. The Hall–Kier alpha value is -1.69. The van der Waals surface area contributed by atoms with E-state index >= 15 is 0 Å². The molecule has 1 aromatic carbocycles. The molecule has 0 fully saturated rings. The molecule has 0 saturated carbocycles. The van der Waals surface area contributed by atoms with Crippen molar-refractivity contribution in [3.8, 4) is 0 Å². The molecule has 1 nitrogen and oxygen atoms in total. The van der Waals surface area contributed by atoms with Gasteiger partial charge in [0.2, 0.25) is 0 Å². The second-order valence-corrected chi connectivity index (χ2v) is 5.64. The number of hydrogen-bond acceptors (Lipinski definition) is 1. The first kappa shape index (κ1) is 16.7. The van der Waals surface area contributed by atoms with Crippen LogP contribution in [-0.4, -0.2) is 4.98 Å². The first-order chi connectivity index (χ1) is 10.4. The van der Waals surface area contributed by atoms with Gasteiger partial charge in [-0.3, -0.25) is 4.98 Å². The molecule has 0 aliphatic rings. The molecule has 2 rings (SSSR count). The van der Waals surface area contributed by atoms with Gasteiger partial charge in [0.05, 0.1) is 5.92 Å². The van der Waals surface area contributed by atoms with Crippen molar-refractivity contribution in [1.29, 1.82) is 0 Å². The number of benzene rings is 1. The SMILES string of the molecule is C=CCC(c1ccc(F)cc1F)C(F)(F)c1ccc(Br)cn1. The van der Waals surface area contributed by atoms with Crippen molar-refractivity contribution in [3.05, 3.63) is 76.5 Å². The second-order valence-electron chi connectivity index (χ2n) is 4.73. The molecule has 0 N–H and O–H groups in total. The van der Waals surface area contributed by atoms with Gasteiger partial charge in [0.25, 0.3) is 5.92 Å². The van der Waals surface area contributed by atoms with Crippen LogP contribution < -0.4 is 0 Å². The van der Waals surface area contributed by atoms with Crippen LogP contribution in [0.25, 0.3) is 0 Å². The molecule has 0 aliphatic carbocycles. The minimum absolute atomic E-state index is 0.173. The van der Waals surface area contributed by atoms with Gasteiger partial charge in [-0.1, -0.05) is 12.1 Å². The highest BCUT2D eigenvalue weighted by molar-refractivity contribution is 9.10. The minimum Gasteiger partial charge on any atom is -0.254 e. The van der Waals surface area contributed by atoms with Crippen LogP contribution in [0.4, 0.5) is 17.6 Å². The Morgan fingerprint density at radius 1 is 1.23 bits per heavy atom. The summed E-state index contributed by atoms with van der Waals surface area (Å²) in [4.78, 5) is 3.70. The average Bonchev–Trinajstić information content (AvgIpc) is 2.46. The Balaban J connectivity index is 2.49. The summed E-state index contributed by atoms with van der Waals surface area (Å²) in [7, 11) is 0. The summed E-state index contributed by atoms with van der Waals surface area (Å²) in [6.07, 6.45) is 2.35. The van der Waals surface area contributed by atoms with E-state index in [1.165, 1.54) is 24.4 Å². The number of halogens is 5. The zero-order chi connectivity index (χ0) is 16.3. The van der Waals surface area contributed by atoms with E-state index < -0.39 is 29.2 Å². The van der Waals surface area contributed by atoms with E-state index in [-0.39, 0.29) is 12.0 Å². The monoisotopic (exact) mass is 373 g/mol. The van der Waals surface area contributed by atoms with Crippen LogP contribution >= 0.6 is 15.9 Å². The van der Waals surface area contributed by atoms with E-state index in [2.05, 4.69) is 27.5 Å². The number of alkyl halides is 2. The zero-order valence-electron chi connectivity index (χ0n) is 11.4. The van der Waals surface area contributed by atoms with Gasteiger partial charge in [-0.25, -0.2) is 8.78 Å². The molecule has 6 heteroatoms. The molecule has 22 heavy (non-hydrogen) atoms. The summed E-state index contributed by atoms with van der Waals surface area (Å²) in [6, 6.07) is 5.19. The third-order valence-electron chi connectivity index (χ3n) is 3.25. The lowest BCUT2D eigenvalue weighted by atomic mass is 9.87. The molecular weight excluding hydrogens is 362 g/mol. The number of hydrogen-bond donors (Lipinski definition) is 0. The molecule has 0 amide bonds. The van der Waals surface area contributed by atoms with Crippen molar-refractivity contribution in [3.63, 3.8) is 0 Å². The smallest absolute Gasteiger partial charge is 0.254 e. The number of pyridine rings is 1. The van der Waals surface area contributed by atoms with Gasteiger partial charge in [0.1, 0.15) is 17.3 Å². The summed E-state index contributed by atoms with van der Waals surface area (Å²) >= 11 is 3.12. The molecule has 2 aromatic rings. The molecule has 116 valence electrons. The lowest BCUT2D eigenvalue weighted by Crippen LogP contribution is -2.26. The van der Waals surface area contributed by atoms with Crippen LogP contribution in [0, 0.1) is 11.6 Å².